The molecule has 2 heterocycles. The second kappa shape index (κ2) is 5.25. The summed E-state index contributed by atoms with van der Waals surface area (Å²) in [7, 11) is 0. The standard InChI is InChI=1S/C15H17ClN2/c16-9-13-5-7-18(11-13)10-12-3-4-15-14(8-12)2-1-6-17-15/h1-4,6,8,13H,5,7,9-11H2. The van der Waals surface area contributed by atoms with Crippen LogP contribution in [-0.2, 0) is 6.54 Å². The van der Waals surface area contributed by atoms with E-state index in [4.69, 9.17) is 11.6 Å². The van der Waals surface area contributed by atoms with Crippen LogP contribution in [0, 0.1) is 5.92 Å². The lowest BCUT2D eigenvalue weighted by atomic mass is 10.1. The second-order valence-electron chi connectivity index (χ2n) is 5.07. The molecule has 18 heavy (non-hydrogen) atoms. The predicted molar refractivity (Wildman–Crippen MR) is 75.8 cm³/mol. The lowest BCUT2D eigenvalue weighted by molar-refractivity contribution is 0.321. The molecule has 0 radical (unpaired) electrons. The van der Waals surface area contributed by atoms with Crippen molar-refractivity contribution in [1.82, 2.24) is 9.88 Å². The quantitative estimate of drug-likeness (QED) is 0.788. The average Bonchev–Trinajstić information content (AvgIpc) is 2.86. The molecule has 2 nitrogen and oxygen atoms in total. The topological polar surface area (TPSA) is 16.1 Å². The van der Waals surface area contributed by atoms with Crippen LogP contribution >= 0.6 is 11.6 Å². The Balaban J connectivity index is 1.75. The number of nitrogens with zero attached hydrogens (tertiary/aromatic N) is 2. The SMILES string of the molecule is ClCC1CCN(Cc2ccc3ncccc3c2)C1. The van der Waals surface area contributed by atoms with E-state index in [1.807, 2.05) is 12.3 Å². The number of aromatic nitrogens is 1. The summed E-state index contributed by atoms with van der Waals surface area (Å²) in [6.07, 6.45) is 3.08. The maximum absolute atomic E-state index is 5.92. The van der Waals surface area contributed by atoms with Gasteiger partial charge in [-0.05, 0) is 42.6 Å². The van der Waals surface area contributed by atoms with E-state index in [1.54, 1.807) is 0 Å². The highest BCUT2D eigenvalue weighted by molar-refractivity contribution is 6.18. The molecule has 2 aromatic rings. The Morgan fingerprint density at radius 3 is 3.11 bits per heavy atom. The summed E-state index contributed by atoms with van der Waals surface area (Å²) < 4.78 is 0. The zero-order valence-electron chi connectivity index (χ0n) is 10.3. The summed E-state index contributed by atoms with van der Waals surface area (Å²) in [6.45, 7) is 3.33. The minimum Gasteiger partial charge on any atom is -0.299 e. The van der Waals surface area contributed by atoms with Gasteiger partial charge in [0, 0.05) is 30.6 Å². The van der Waals surface area contributed by atoms with Gasteiger partial charge in [0.05, 0.1) is 5.52 Å². The Bertz CT molecular complexity index is 541. The molecule has 1 unspecified atom stereocenters. The summed E-state index contributed by atoms with van der Waals surface area (Å²) in [5.41, 5.74) is 2.44. The molecular formula is C15H17ClN2. The lowest BCUT2D eigenvalue weighted by Crippen LogP contribution is -2.20. The zero-order valence-corrected chi connectivity index (χ0v) is 11.1. The Labute approximate surface area is 113 Å². The van der Waals surface area contributed by atoms with E-state index in [1.165, 1.54) is 23.9 Å². The van der Waals surface area contributed by atoms with Crippen LogP contribution < -0.4 is 0 Å². The minimum absolute atomic E-state index is 0.675. The molecule has 0 bridgehead atoms. The molecule has 94 valence electrons. The number of halogens is 1. The van der Waals surface area contributed by atoms with Gasteiger partial charge in [-0.1, -0.05) is 12.1 Å². The summed E-state index contributed by atoms with van der Waals surface area (Å²) in [6, 6.07) is 10.7. The lowest BCUT2D eigenvalue weighted by Gasteiger charge is -2.15. The molecule has 1 aliphatic heterocycles. The van der Waals surface area contributed by atoms with Gasteiger partial charge >= 0.3 is 0 Å². The monoisotopic (exact) mass is 260 g/mol. The zero-order chi connectivity index (χ0) is 12.4. The molecule has 1 saturated heterocycles. The van der Waals surface area contributed by atoms with E-state index >= 15 is 0 Å². The largest absolute Gasteiger partial charge is 0.299 e. The maximum atomic E-state index is 5.92. The number of hydrogen-bond acceptors (Lipinski definition) is 2. The predicted octanol–water partition coefficient (Wildman–Crippen LogP) is 3.30. The van der Waals surface area contributed by atoms with Crippen molar-refractivity contribution in [3.05, 3.63) is 42.1 Å². The number of hydrogen-bond donors (Lipinski definition) is 0. The van der Waals surface area contributed by atoms with Gasteiger partial charge in [-0.25, -0.2) is 0 Å². The number of rotatable bonds is 3. The van der Waals surface area contributed by atoms with Crippen molar-refractivity contribution in [3.63, 3.8) is 0 Å². The van der Waals surface area contributed by atoms with Crippen LogP contribution in [0.3, 0.4) is 0 Å². The third-order valence-corrected chi connectivity index (χ3v) is 4.10. The number of benzene rings is 1. The average molecular weight is 261 g/mol. The van der Waals surface area contributed by atoms with Crippen molar-refractivity contribution in [3.8, 4) is 0 Å². The van der Waals surface area contributed by atoms with Crippen LogP contribution in [0.1, 0.15) is 12.0 Å². The van der Waals surface area contributed by atoms with E-state index < -0.39 is 0 Å². The summed E-state index contributed by atoms with van der Waals surface area (Å²) in [5.74, 6) is 1.46. The fourth-order valence-corrected chi connectivity index (χ4v) is 2.92. The minimum atomic E-state index is 0.675. The fraction of sp³-hybridized carbons (Fsp3) is 0.400. The first kappa shape index (κ1) is 11.9. The molecule has 3 heteroatoms. The van der Waals surface area contributed by atoms with E-state index in [2.05, 4.69) is 34.1 Å². The Morgan fingerprint density at radius 2 is 2.28 bits per heavy atom. The first-order chi connectivity index (χ1) is 8.85. The number of alkyl halides is 1. The van der Waals surface area contributed by atoms with Gasteiger partial charge < -0.3 is 0 Å². The Hall–Kier alpha value is -1.12. The van der Waals surface area contributed by atoms with Gasteiger partial charge in [0.2, 0.25) is 0 Å². The molecular weight excluding hydrogens is 244 g/mol. The van der Waals surface area contributed by atoms with Crippen molar-refractivity contribution < 1.29 is 0 Å². The molecule has 1 aliphatic rings. The van der Waals surface area contributed by atoms with Gasteiger partial charge in [-0.15, -0.1) is 11.6 Å². The van der Waals surface area contributed by atoms with E-state index in [9.17, 15) is 0 Å². The van der Waals surface area contributed by atoms with Crippen molar-refractivity contribution in [2.45, 2.75) is 13.0 Å². The van der Waals surface area contributed by atoms with Crippen LogP contribution in [0.5, 0.6) is 0 Å². The van der Waals surface area contributed by atoms with Crippen molar-refractivity contribution in [2.24, 2.45) is 5.92 Å². The molecule has 0 aliphatic carbocycles. The van der Waals surface area contributed by atoms with Gasteiger partial charge in [-0.3, -0.25) is 9.88 Å². The van der Waals surface area contributed by atoms with Crippen molar-refractivity contribution in [2.75, 3.05) is 19.0 Å². The van der Waals surface area contributed by atoms with Gasteiger partial charge in [0.25, 0.3) is 0 Å². The smallest absolute Gasteiger partial charge is 0.0702 e. The van der Waals surface area contributed by atoms with Crippen molar-refractivity contribution >= 4 is 22.5 Å². The van der Waals surface area contributed by atoms with Crippen molar-refractivity contribution in [1.29, 1.82) is 0 Å². The number of fused-ring (bicyclic) bond motifs is 1. The first-order valence-electron chi connectivity index (χ1n) is 6.47. The maximum Gasteiger partial charge on any atom is 0.0702 e. The van der Waals surface area contributed by atoms with Crippen LogP contribution in [-0.4, -0.2) is 28.9 Å². The molecule has 0 spiro atoms. The normalized spacial score (nSPS) is 20.6. The van der Waals surface area contributed by atoms with Crippen LogP contribution in [0.15, 0.2) is 36.5 Å². The third-order valence-electron chi connectivity index (χ3n) is 3.66. The van der Waals surface area contributed by atoms with Crippen LogP contribution in [0.2, 0.25) is 0 Å². The summed E-state index contributed by atoms with van der Waals surface area (Å²) in [4.78, 5) is 6.84. The molecule has 1 aromatic carbocycles. The van der Waals surface area contributed by atoms with E-state index in [0.717, 1.165) is 24.5 Å². The van der Waals surface area contributed by atoms with Gasteiger partial charge in [0.1, 0.15) is 0 Å². The summed E-state index contributed by atoms with van der Waals surface area (Å²) in [5, 5.41) is 1.23. The van der Waals surface area contributed by atoms with E-state index in [0.29, 0.717) is 5.92 Å². The Kier molecular flexibility index (Phi) is 3.48. The summed E-state index contributed by atoms with van der Waals surface area (Å²) >= 11 is 5.92. The molecule has 0 N–H and O–H groups in total. The number of pyridine rings is 1. The molecule has 1 atom stereocenters. The van der Waals surface area contributed by atoms with Gasteiger partial charge in [-0.2, -0.15) is 0 Å². The number of likely N-dealkylation sites (tertiary alicyclic amines) is 1. The highest BCUT2D eigenvalue weighted by atomic mass is 35.5. The molecule has 1 aromatic heterocycles. The van der Waals surface area contributed by atoms with Crippen LogP contribution in [0.25, 0.3) is 10.9 Å². The first-order valence-corrected chi connectivity index (χ1v) is 7.00. The highest BCUT2D eigenvalue weighted by Crippen LogP contribution is 2.21. The molecule has 3 rings (SSSR count). The molecule has 0 saturated carbocycles. The molecule has 1 fully saturated rings. The Morgan fingerprint density at radius 1 is 1.33 bits per heavy atom. The van der Waals surface area contributed by atoms with Crippen LogP contribution in [0.4, 0.5) is 0 Å². The molecule has 0 amide bonds. The van der Waals surface area contributed by atoms with E-state index in [-0.39, 0.29) is 0 Å². The third kappa shape index (κ3) is 2.50. The highest BCUT2D eigenvalue weighted by Gasteiger charge is 2.21. The fourth-order valence-electron chi connectivity index (χ4n) is 2.66. The second-order valence-corrected chi connectivity index (χ2v) is 5.38. The van der Waals surface area contributed by atoms with Gasteiger partial charge in [0.15, 0.2) is 0 Å².